The van der Waals surface area contributed by atoms with Crippen LogP contribution in [0.25, 0.3) is 16.3 Å². The number of ether oxygens (including phenoxy) is 1. The normalized spacial score (nSPS) is 12.2. The number of fused-ring (bicyclic) bond motifs is 1. The van der Waals surface area contributed by atoms with Crippen LogP contribution in [0.5, 0.6) is 0 Å². The summed E-state index contributed by atoms with van der Waals surface area (Å²) < 4.78 is 8.58. The fourth-order valence-electron chi connectivity index (χ4n) is 2.93. The van der Waals surface area contributed by atoms with Crippen molar-refractivity contribution in [2.45, 2.75) is 27.3 Å². The van der Waals surface area contributed by atoms with Crippen molar-refractivity contribution in [2.75, 3.05) is 13.2 Å². The van der Waals surface area contributed by atoms with Crippen molar-refractivity contribution in [2.24, 2.45) is 4.99 Å². The zero-order valence-corrected chi connectivity index (χ0v) is 17.9. The van der Waals surface area contributed by atoms with Gasteiger partial charge < -0.3 is 9.30 Å². The SMILES string of the molecule is CCOCCn1c(=NC(=O)C=Cc2ccc([N+](=O)[O-])cc2)sc2cc(C)c(C)cc21. The number of non-ortho nitro benzene ring substituents is 1. The van der Waals surface area contributed by atoms with Crippen molar-refractivity contribution in [1.29, 1.82) is 0 Å². The number of carbonyl (C=O) groups excluding carboxylic acids is 1. The summed E-state index contributed by atoms with van der Waals surface area (Å²) in [5, 5.41) is 10.7. The summed E-state index contributed by atoms with van der Waals surface area (Å²) in [4.78, 5) is 27.6. The second-order valence-corrected chi connectivity index (χ2v) is 7.78. The number of hydrogen-bond donors (Lipinski definition) is 0. The van der Waals surface area contributed by atoms with Crippen LogP contribution < -0.4 is 4.80 Å². The predicted molar refractivity (Wildman–Crippen MR) is 118 cm³/mol. The molecule has 156 valence electrons. The number of aryl methyl sites for hydroxylation is 2. The summed E-state index contributed by atoms with van der Waals surface area (Å²) in [6, 6.07) is 10.2. The molecule has 0 spiro atoms. The van der Waals surface area contributed by atoms with Crippen LogP contribution in [0.2, 0.25) is 0 Å². The maximum absolute atomic E-state index is 12.5. The summed E-state index contributed by atoms with van der Waals surface area (Å²) in [5.74, 6) is -0.390. The lowest BCUT2D eigenvalue weighted by Gasteiger charge is -2.07. The molecule has 0 aliphatic carbocycles. The molecule has 0 aliphatic heterocycles. The molecule has 0 fully saturated rings. The fraction of sp³-hybridized carbons (Fsp3) is 0.273. The molecule has 0 saturated carbocycles. The van der Waals surface area contributed by atoms with E-state index in [0.717, 1.165) is 10.2 Å². The first-order chi connectivity index (χ1) is 14.4. The topological polar surface area (TPSA) is 86.7 Å². The second-order valence-electron chi connectivity index (χ2n) is 6.77. The van der Waals surface area contributed by atoms with E-state index in [1.54, 1.807) is 18.2 Å². The van der Waals surface area contributed by atoms with Crippen molar-refractivity contribution in [3.8, 4) is 0 Å². The summed E-state index contributed by atoms with van der Waals surface area (Å²) in [6.45, 7) is 7.85. The van der Waals surface area contributed by atoms with E-state index in [9.17, 15) is 14.9 Å². The average Bonchev–Trinajstić information content (AvgIpc) is 3.03. The lowest BCUT2D eigenvalue weighted by atomic mass is 10.1. The Hall–Kier alpha value is -3.10. The first-order valence-corrected chi connectivity index (χ1v) is 10.4. The fourth-order valence-corrected chi connectivity index (χ4v) is 4.07. The van der Waals surface area contributed by atoms with Crippen LogP contribution in [0.15, 0.2) is 47.5 Å². The summed E-state index contributed by atoms with van der Waals surface area (Å²) in [6.07, 6.45) is 2.97. The number of rotatable bonds is 7. The van der Waals surface area contributed by atoms with Gasteiger partial charge in [0.15, 0.2) is 4.80 Å². The Bertz CT molecular complexity index is 1170. The maximum Gasteiger partial charge on any atom is 0.272 e. The average molecular weight is 426 g/mol. The summed E-state index contributed by atoms with van der Waals surface area (Å²) in [5.41, 5.74) is 4.11. The van der Waals surface area contributed by atoms with Gasteiger partial charge in [-0.3, -0.25) is 14.9 Å². The Morgan fingerprint density at radius 3 is 2.60 bits per heavy atom. The van der Waals surface area contributed by atoms with E-state index in [-0.39, 0.29) is 5.69 Å². The molecule has 0 unspecified atom stereocenters. The smallest absolute Gasteiger partial charge is 0.272 e. The first-order valence-electron chi connectivity index (χ1n) is 9.58. The minimum Gasteiger partial charge on any atom is -0.380 e. The molecule has 1 aromatic heterocycles. The Kier molecular flexibility index (Phi) is 6.91. The molecule has 0 radical (unpaired) electrons. The number of carbonyl (C=O) groups is 1. The third-order valence-electron chi connectivity index (χ3n) is 4.69. The molecule has 0 aliphatic rings. The zero-order chi connectivity index (χ0) is 21.7. The van der Waals surface area contributed by atoms with Crippen molar-refractivity contribution in [3.63, 3.8) is 0 Å². The molecule has 3 rings (SSSR count). The van der Waals surface area contributed by atoms with Crippen molar-refractivity contribution in [1.82, 2.24) is 4.57 Å². The number of amides is 1. The van der Waals surface area contributed by atoms with Crippen LogP contribution in [0.3, 0.4) is 0 Å². The van der Waals surface area contributed by atoms with Gasteiger partial charge >= 0.3 is 0 Å². The maximum atomic E-state index is 12.5. The van der Waals surface area contributed by atoms with E-state index < -0.39 is 10.8 Å². The van der Waals surface area contributed by atoms with Crippen molar-refractivity contribution < 1.29 is 14.5 Å². The lowest BCUT2D eigenvalue weighted by Crippen LogP contribution is -2.19. The molecular weight excluding hydrogens is 402 g/mol. The van der Waals surface area contributed by atoms with E-state index >= 15 is 0 Å². The third kappa shape index (κ3) is 5.08. The molecule has 1 amide bonds. The molecule has 3 aromatic rings. The molecule has 8 heteroatoms. The van der Waals surface area contributed by atoms with Gasteiger partial charge in [0.25, 0.3) is 11.6 Å². The molecule has 0 bridgehead atoms. The van der Waals surface area contributed by atoms with Gasteiger partial charge in [-0.1, -0.05) is 11.3 Å². The standard InChI is InChI=1S/C22H23N3O4S/c1-4-29-12-11-24-19-13-15(2)16(3)14-20(19)30-22(24)23-21(26)10-7-17-5-8-18(9-6-17)25(27)28/h5-10,13-14H,4,11-12H2,1-3H3. The van der Waals surface area contributed by atoms with Gasteiger partial charge in [-0.2, -0.15) is 4.99 Å². The Morgan fingerprint density at radius 2 is 1.93 bits per heavy atom. The van der Waals surface area contributed by atoms with Crippen LogP contribution in [0.1, 0.15) is 23.6 Å². The van der Waals surface area contributed by atoms with Crippen LogP contribution in [-0.2, 0) is 16.1 Å². The minimum absolute atomic E-state index is 0.00867. The number of hydrogen-bond acceptors (Lipinski definition) is 5. The molecule has 1 heterocycles. The number of aromatic nitrogens is 1. The van der Waals surface area contributed by atoms with Gasteiger partial charge in [0.1, 0.15) is 0 Å². The number of nitro groups is 1. The summed E-state index contributed by atoms with van der Waals surface area (Å²) >= 11 is 1.47. The van der Waals surface area contributed by atoms with E-state index in [4.69, 9.17) is 4.74 Å². The Labute approximate surface area is 178 Å². The van der Waals surface area contributed by atoms with E-state index in [1.807, 2.05) is 11.5 Å². The highest BCUT2D eigenvalue weighted by atomic mass is 32.1. The molecule has 2 aromatic carbocycles. The Morgan fingerprint density at radius 1 is 1.23 bits per heavy atom. The molecule has 7 nitrogen and oxygen atoms in total. The van der Waals surface area contributed by atoms with Gasteiger partial charge in [0.05, 0.1) is 21.7 Å². The van der Waals surface area contributed by atoms with Crippen LogP contribution in [0, 0.1) is 24.0 Å². The van der Waals surface area contributed by atoms with E-state index in [0.29, 0.717) is 30.1 Å². The molecular formula is C22H23N3O4S. The largest absolute Gasteiger partial charge is 0.380 e. The van der Waals surface area contributed by atoms with E-state index in [1.165, 1.54) is 40.7 Å². The van der Waals surface area contributed by atoms with Gasteiger partial charge in [0.2, 0.25) is 0 Å². The van der Waals surface area contributed by atoms with Crippen LogP contribution in [-0.4, -0.2) is 28.6 Å². The molecule has 0 atom stereocenters. The Balaban J connectivity index is 1.92. The highest BCUT2D eigenvalue weighted by molar-refractivity contribution is 7.16. The number of benzene rings is 2. The number of nitrogens with zero attached hydrogens (tertiary/aromatic N) is 3. The van der Waals surface area contributed by atoms with Gasteiger partial charge in [-0.15, -0.1) is 0 Å². The highest BCUT2D eigenvalue weighted by Crippen LogP contribution is 2.22. The monoisotopic (exact) mass is 425 g/mol. The van der Waals surface area contributed by atoms with Crippen LogP contribution >= 0.6 is 11.3 Å². The summed E-state index contributed by atoms with van der Waals surface area (Å²) in [7, 11) is 0. The number of thiazole rings is 1. The van der Waals surface area contributed by atoms with Gasteiger partial charge in [0, 0.05) is 31.4 Å². The molecule has 30 heavy (non-hydrogen) atoms. The molecule has 0 saturated heterocycles. The highest BCUT2D eigenvalue weighted by Gasteiger charge is 2.09. The predicted octanol–water partition coefficient (Wildman–Crippen LogP) is 4.41. The number of nitro benzene ring substituents is 1. The third-order valence-corrected chi connectivity index (χ3v) is 5.73. The first kappa shape index (κ1) is 21.6. The van der Waals surface area contributed by atoms with Crippen molar-refractivity contribution in [3.05, 3.63) is 74.1 Å². The van der Waals surface area contributed by atoms with Gasteiger partial charge in [-0.05, 0) is 67.8 Å². The van der Waals surface area contributed by atoms with Gasteiger partial charge in [-0.25, -0.2) is 0 Å². The molecule has 0 N–H and O–H groups in total. The van der Waals surface area contributed by atoms with Crippen LogP contribution in [0.4, 0.5) is 5.69 Å². The zero-order valence-electron chi connectivity index (χ0n) is 17.1. The van der Waals surface area contributed by atoms with E-state index in [2.05, 4.69) is 31.0 Å². The minimum atomic E-state index is -0.458. The lowest BCUT2D eigenvalue weighted by molar-refractivity contribution is -0.384. The van der Waals surface area contributed by atoms with Crippen molar-refractivity contribution >= 4 is 39.2 Å². The quantitative estimate of drug-likeness (QED) is 0.243. The second kappa shape index (κ2) is 9.60.